The molecular weight excluding hydrogens is 1520 g/mol. The van der Waals surface area contributed by atoms with Crippen molar-refractivity contribution < 1.29 is 38.6 Å². The molecule has 3 fully saturated rings. The van der Waals surface area contributed by atoms with Crippen LogP contribution in [0.3, 0.4) is 0 Å². The molecule has 8 heteroatoms. The fraction of sp³-hybridized carbons (Fsp3) is 0.276. The topological polar surface area (TPSA) is 106 Å². The minimum atomic E-state index is -0.222. The molecule has 5 aromatic carbocycles. The molecule has 8 nitrogen and oxygen atoms in total. The zero-order valence-corrected chi connectivity index (χ0v) is 69.8. The summed E-state index contributed by atoms with van der Waals surface area (Å²) >= 11 is 0. The van der Waals surface area contributed by atoms with Crippen LogP contribution in [0.4, 0.5) is 0 Å². The Hall–Kier alpha value is -16.9. The first-order valence-electron chi connectivity index (χ1n) is 40.3. The molecule has 124 heavy (non-hydrogen) atoms. The lowest BCUT2D eigenvalue weighted by molar-refractivity contribution is 0.259. The van der Waals surface area contributed by atoms with Gasteiger partial charge in [-0.15, -0.1) is 6.42 Å². The number of unbranched alkanes of at least 4 members (excludes halogenated alkanes) is 13. The number of ether oxygens (including phenoxy) is 6. The van der Waals surface area contributed by atoms with E-state index >= 15 is 0 Å². The highest BCUT2D eigenvalue weighted by atomic mass is 16.6. The number of phenolic OH excluding ortho intramolecular Hbond substituents is 2. The highest BCUT2D eigenvalue weighted by Crippen LogP contribution is 2.41. The Labute approximate surface area is 735 Å². The molecule has 0 amide bonds. The predicted molar refractivity (Wildman–Crippen MR) is 491 cm³/mol. The molecule has 3 unspecified atom stereocenters. The van der Waals surface area contributed by atoms with Gasteiger partial charge in [0.05, 0.1) is 19.8 Å². The molecule has 0 spiro atoms. The zero-order valence-electron chi connectivity index (χ0n) is 69.8. The molecule has 3 aliphatic heterocycles. The second-order valence-electron chi connectivity index (χ2n) is 26.9. The molecule has 3 saturated heterocycles. The molecule has 8 rings (SSSR count). The van der Waals surface area contributed by atoms with Crippen LogP contribution in [0.2, 0.25) is 0 Å². The predicted octanol–water partition coefficient (Wildman–Crippen LogP) is 14.0. The minimum Gasteiger partial charge on any atom is -0.507 e. The highest BCUT2D eigenvalue weighted by Gasteiger charge is 2.29. The van der Waals surface area contributed by atoms with Gasteiger partial charge >= 0.3 is 0 Å². The van der Waals surface area contributed by atoms with Gasteiger partial charge in [-0.1, -0.05) is 168 Å². The average Bonchev–Trinajstić information content (AvgIpc) is 1.35. The van der Waals surface area contributed by atoms with E-state index in [2.05, 4.69) is 327 Å². The van der Waals surface area contributed by atoms with E-state index in [9.17, 15) is 10.2 Å². The Morgan fingerprint density at radius 3 is 1.02 bits per heavy atom. The van der Waals surface area contributed by atoms with Crippen molar-refractivity contribution >= 4 is 0 Å². The number of terminal acetylenes is 1. The third-order valence-corrected chi connectivity index (χ3v) is 17.9. The van der Waals surface area contributed by atoms with E-state index in [1.807, 2.05) is 60.7 Å². The van der Waals surface area contributed by atoms with Crippen LogP contribution >= 0.6 is 0 Å². The summed E-state index contributed by atoms with van der Waals surface area (Å²) in [5.41, 5.74) is 8.13. The van der Waals surface area contributed by atoms with Crippen molar-refractivity contribution in [3.63, 3.8) is 0 Å². The van der Waals surface area contributed by atoms with Gasteiger partial charge in [0.25, 0.3) is 0 Å². The smallest absolute Gasteiger partial charge is 0.127 e. The van der Waals surface area contributed by atoms with Crippen LogP contribution in [0.5, 0.6) is 28.7 Å². The van der Waals surface area contributed by atoms with Crippen molar-refractivity contribution in [1.82, 2.24) is 0 Å². The number of hydrogen-bond donors (Lipinski definition) is 2. The van der Waals surface area contributed by atoms with Crippen molar-refractivity contribution in [2.24, 2.45) is 0 Å². The Bertz CT molecular complexity index is 6730. The first kappa shape index (κ1) is 92.6. The van der Waals surface area contributed by atoms with Crippen molar-refractivity contribution in [2.45, 2.75) is 168 Å². The van der Waals surface area contributed by atoms with E-state index < -0.39 is 0 Å². The van der Waals surface area contributed by atoms with Gasteiger partial charge in [-0.3, -0.25) is 0 Å². The van der Waals surface area contributed by atoms with Crippen LogP contribution in [0, 0.1) is 320 Å². The second kappa shape index (κ2) is 58.0. The molecule has 0 bridgehead atoms. The molecule has 5 aromatic rings. The SMILES string of the molecule is C#CC#CC#CC#CC#CC#CC#CC#Cc1ccc(Cc2c(C#CC#CC#CC#CC#CC)ccc(Cc3c(C#CC#CC#CC#CC#CC#CC#CC)ccc(Cc4c(CCCCCCCCCCCCCCCC)cccc4OCC4CO4)c3O)c2OCC2CO2)c(O)c1Cc1ccc(C#CC#CC#CC#CC#CC#CC#CC)cc1OCC1CO1. The van der Waals surface area contributed by atoms with Crippen LogP contribution in [0.15, 0.2) is 72.8 Å². The molecule has 0 radical (unpaired) electrons. The highest BCUT2D eigenvalue weighted by molar-refractivity contribution is 5.65. The number of phenols is 2. The lowest BCUT2D eigenvalue weighted by atomic mass is 9.88. The van der Waals surface area contributed by atoms with E-state index in [1.54, 1.807) is 26.8 Å². The van der Waals surface area contributed by atoms with Gasteiger partial charge in [0, 0.05) is 70.2 Å². The summed E-state index contributed by atoms with van der Waals surface area (Å²) in [5, 5.41) is 26.3. The molecule has 0 aromatic heterocycles. The van der Waals surface area contributed by atoms with E-state index in [0.29, 0.717) is 106 Å². The number of rotatable bonds is 32. The van der Waals surface area contributed by atoms with E-state index in [-0.39, 0.29) is 62.3 Å². The fourth-order valence-corrected chi connectivity index (χ4v) is 11.7. The van der Waals surface area contributed by atoms with E-state index in [0.717, 1.165) is 36.1 Å². The number of epoxide rings is 3. The Morgan fingerprint density at radius 1 is 0.306 bits per heavy atom. The number of aryl methyl sites for hydroxylation is 1. The maximum Gasteiger partial charge on any atom is 0.127 e. The monoisotopic (exact) mass is 1600 g/mol. The molecule has 3 heterocycles. The van der Waals surface area contributed by atoms with Crippen LogP contribution in [0.1, 0.15) is 190 Å². The van der Waals surface area contributed by atoms with Crippen molar-refractivity contribution in [2.75, 3.05) is 39.6 Å². The van der Waals surface area contributed by atoms with Gasteiger partial charge in [-0.2, -0.15) is 0 Å². The van der Waals surface area contributed by atoms with E-state index in [4.69, 9.17) is 34.8 Å². The maximum atomic E-state index is 13.2. The third-order valence-electron chi connectivity index (χ3n) is 17.9. The van der Waals surface area contributed by atoms with E-state index in [1.165, 1.54) is 77.0 Å². The van der Waals surface area contributed by atoms with Gasteiger partial charge in [0.2, 0.25) is 0 Å². The minimum absolute atomic E-state index is 0.0109. The first-order chi connectivity index (χ1) is 61.3. The summed E-state index contributed by atoms with van der Waals surface area (Å²) in [7, 11) is 0. The Balaban J connectivity index is 1.24. The molecule has 3 atom stereocenters. The third kappa shape index (κ3) is 37.6. The quantitative estimate of drug-likeness (QED) is 0.0249. The summed E-state index contributed by atoms with van der Waals surface area (Å²) < 4.78 is 37.1. The molecule has 0 saturated carbocycles. The van der Waals surface area contributed by atoms with Crippen LogP contribution in [-0.2, 0) is 46.3 Å². The fourth-order valence-electron chi connectivity index (χ4n) is 11.7. The Kier molecular flexibility index (Phi) is 43.3. The van der Waals surface area contributed by atoms with Crippen molar-refractivity contribution in [3.8, 4) is 349 Å². The Morgan fingerprint density at radius 2 is 0.621 bits per heavy atom. The molecular formula is C116H80O8. The van der Waals surface area contributed by atoms with Crippen molar-refractivity contribution in [1.29, 1.82) is 0 Å². The van der Waals surface area contributed by atoms with Crippen molar-refractivity contribution in [3.05, 3.63) is 145 Å². The van der Waals surface area contributed by atoms with Gasteiger partial charge in [0.1, 0.15) is 66.9 Å². The molecule has 2 N–H and O–H groups in total. The van der Waals surface area contributed by atoms with Gasteiger partial charge in [-0.25, -0.2) is 0 Å². The summed E-state index contributed by atoms with van der Waals surface area (Å²) in [6.45, 7) is 9.78. The summed E-state index contributed by atoms with van der Waals surface area (Å²) in [6.07, 6.45) is 23.9. The number of hydrogen-bond acceptors (Lipinski definition) is 8. The first-order valence-corrected chi connectivity index (χ1v) is 40.3. The number of aromatic hydroxyl groups is 2. The average molecular weight is 1600 g/mol. The normalized spacial score (nSPS) is 11.3. The second-order valence-corrected chi connectivity index (χ2v) is 26.9. The standard InChI is InChI=1S/C116H80O8/c1-6-11-16-21-26-31-35-39-43-47-51-56-60-65-71-97-75-69-76-112(122-93-105-90-119-105)108(97)87-102-82-79-99(73-67-62-58-52-46-42-38-34-29-24-19-14-9-4)110(114(102)117)89-104-84-81-100(74-68-63-55-49-30-25-20-15-10-5)111(116(104)124-95-107-92-121-107)88-103-83-80-98(72-66-61-57-53-48-44-40-36-32-27-22-17-12-7-2)109(115(103)118)86-101-78-77-96(85-113(101)123-94-106-91-120-106)70-64-59-54-50-45-41-37-33-28-23-18-13-8-3/h2,69,75-85,105-107,117-118H,6,11,16,21,26,31,35,39,43,47,51,56,60,65,71,86-95H2,1,3-5H3. The molecule has 3 aliphatic rings. The maximum absolute atomic E-state index is 13.2. The van der Waals surface area contributed by atoms with Gasteiger partial charge in [-0.05, 0) is 370 Å². The van der Waals surface area contributed by atoms with Gasteiger partial charge < -0.3 is 38.6 Å². The number of benzene rings is 5. The molecule has 592 valence electrons. The lowest BCUT2D eigenvalue weighted by Gasteiger charge is -2.21. The summed E-state index contributed by atoms with van der Waals surface area (Å²) in [4.78, 5) is 0. The molecule has 0 aliphatic carbocycles. The largest absolute Gasteiger partial charge is 0.507 e. The van der Waals surface area contributed by atoms with Crippen LogP contribution in [0.25, 0.3) is 0 Å². The van der Waals surface area contributed by atoms with Gasteiger partial charge in [0.15, 0.2) is 0 Å². The van der Waals surface area contributed by atoms with Crippen LogP contribution in [-0.4, -0.2) is 68.2 Å². The zero-order chi connectivity index (χ0) is 87.0. The lowest BCUT2D eigenvalue weighted by Crippen LogP contribution is -2.11. The van der Waals surface area contributed by atoms with Crippen LogP contribution < -0.4 is 14.2 Å². The summed E-state index contributed by atoms with van der Waals surface area (Å²) in [6, 6.07) is 22.9. The summed E-state index contributed by atoms with van der Waals surface area (Å²) in [5.74, 6) is 145.